The molecule has 0 bridgehead atoms. The lowest BCUT2D eigenvalue weighted by Crippen LogP contribution is -1.89. The number of hydrogen-bond acceptors (Lipinski definition) is 1. The molecule has 1 N–H and O–H groups in total. The van der Waals surface area contributed by atoms with Crippen LogP contribution in [0.3, 0.4) is 0 Å². The smallest absolute Gasteiger partial charge is 0.0713 e. The summed E-state index contributed by atoms with van der Waals surface area (Å²) < 4.78 is 12.0. The Labute approximate surface area is 59.8 Å². The van der Waals surface area contributed by atoms with E-state index in [1.807, 2.05) is 32.0 Å². The summed E-state index contributed by atoms with van der Waals surface area (Å²) in [6.07, 6.45) is 0. The van der Waals surface area contributed by atoms with Gasteiger partial charge in [-0.05, 0) is 25.0 Å². The zero-order valence-corrected chi connectivity index (χ0v) is 6.11. The maximum atomic E-state index is 12.0. The zero-order chi connectivity index (χ0) is 7.56. The van der Waals surface area contributed by atoms with Crippen molar-refractivity contribution in [2.45, 2.75) is 13.8 Å². The van der Waals surface area contributed by atoms with Crippen molar-refractivity contribution in [1.82, 2.24) is 0 Å². The van der Waals surface area contributed by atoms with Crippen LogP contribution < -0.4 is 5.54 Å². The van der Waals surface area contributed by atoms with Gasteiger partial charge >= 0.3 is 0 Å². The Kier molecular flexibility index (Phi) is 1.90. The zero-order valence-electron chi connectivity index (χ0n) is 6.11. The van der Waals surface area contributed by atoms with Crippen LogP contribution in [0.5, 0.6) is 0 Å². The molecule has 0 aliphatic carbocycles. The minimum Gasteiger partial charge on any atom is -0.224 e. The quantitative estimate of drug-likeness (QED) is 0.590. The molecule has 0 aromatic heterocycles. The third kappa shape index (κ3) is 1.10. The summed E-state index contributed by atoms with van der Waals surface area (Å²) in [5.41, 5.74) is 4.11. The molecule has 0 fully saturated rings. The second kappa shape index (κ2) is 2.69. The van der Waals surface area contributed by atoms with Gasteiger partial charge in [0.25, 0.3) is 0 Å². The molecule has 0 atom stereocenters. The SMILES string of the molecule is Cc1cccc(C)c1NF. The van der Waals surface area contributed by atoms with E-state index in [2.05, 4.69) is 0 Å². The summed E-state index contributed by atoms with van der Waals surface area (Å²) in [6, 6.07) is 5.65. The van der Waals surface area contributed by atoms with Crippen molar-refractivity contribution < 1.29 is 4.48 Å². The Balaban J connectivity index is 3.17. The molecule has 1 aromatic carbocycles. The van der Waals surface area contributed by atoms with E-state index in [9.17, 15) is 4.48 Å². The fourth-order valence-corrected chi connectivity index (χ4v) is 0.964. The number of nitrogens with one attached hydrogen (secondary N) is 1. The highest BCUT2D eigenvalue weighted by atomic mass is 19.2. The van der Waals surface area contributed by atoms with Crippen LogP contribution in [-0.4, -0.2) is 0 Å². The Hall–Kier alpha value is -1.05. The van der Waals surface area contributed by atoms with Crippen molar-refractivity contribution in [3.05, 3.63) is 29.3 Å². The van der Waals surface area contributed by atoms with Gasteiger partial charge in [0.15, 0.2) is 0 Å². The average molecular weight is 139 g/mol. The monoisotopic (exact) mass is 139 g/mol. The van der Waals surface area contributed by atoms with E-state index in [1.165, 1.54) is 0 Å². The van der Waals surface area contributed by atoms with Crippen LogP contribution >= 0.6 is 0 Å². The molecule has 1 aromatic rings. The normalized spacial score (nSPS) is 9.50. The minimum atomic E-state index is 0.586. The van der Waals surface area contributed by atoms with Gasteiger partial charge in [0.1, 0.15) is 0 Å². The molecule has 10 heavy (non-hydrogen) atoms. The van der Waals surface area contributed by atoms with E-state index < -0.39 is 0 Å². The highest BCUT2D eigenvalue weighted by Crippen LogP contribution is 2.18. The van der Waals surface area contributed by atoms with Gasteiger partial charge in [-0.2, -0.15) is 0 Å². The van der Waals surface area contributed by atoms with Gasteiger partial charge in [-0.3, -0.25) is 0 Å². The number of hydrogen-bond donors (Lipinski definition) is 1. The lowest BCUT2D eigenvalue weighted by atomic mass is 10.1. The molecule has 0 spiro atoms. The predicted molar refractivity (Wildman–Crippen MR) is 40.6 cm³/mol. The summed E-state index contributed by atoms with van der Waals surface area (Å²) in [5.74, 6) is 0. The molecule has 54 valence electrons. The maximum absolute atomic E-state index is 12.0. The molecule has 0 unspecified atom stereocenters. The fourth-order valence-electron chi connectivity index (χ4n) is 0.964. The van der Waals surface area contributed by atoms with E-state index >= 15 is 0 Å². The van der Waals surface area contributed by atoms with Crippen LogP contribution in [0.15, 0.2) is 18.2 Å². The lowest BCUT2D eigenvalue weighted by Gasteiger charge is -2.03. The van der Waals surface area contributed by atoms with Gasteiger partial charge in [0.05, 0.1) is 5.69 Å². The summed E-state index contributed by atoms with van der Waals surface area (Å²) in [5, 5.41) is 0. The third-order valence-corrected chi connectivity index (χ3v) is 1.58. The van der Waals surface area contributed by atoms with Crippen LogP contribution in [0.25, 0.3) is 0 Å². The van der Waals surface area contributed by atoms with Gasteiger partial charge in [0, 0.05) is 0 Å². The van der Waals surface area contributed by atoms with Gasteiger partial charge in [-0.25, -0.2) is 5.54 Å². The second-order valence-corrected chi connectivity index (χ2v) is 2.36. The van der Waals surface area contributed by atoms with Crippen LogP contribution in [0.1, 0.15) is 11.1 Å². The van der Waals surface area contributed by atoms with Crippen molar-refractivity contribution in [2.24, 2.45) is 0 Å². The van der Waals surface area contributed by atoms with E-state index in [0.717, 1.165) is 11.1 Å². The highest BCUT2D eigenvalue weighted by molar-refractivity contribution is 5.54. The van der Waals surface area contributed by atoms with Crippen molar-refractivity contribution in [1.29, 1.82) is 0 Å². The third-order valence-electron chi connectivity index (χ3n) is 1.58. The summed E-state index contributed by atoms with van der Waals surface area (Å²) >= 11 is 0. The van der Waals surface area contributed by atoms with Gasteiger partial charge in [-0.15, -0.1) is 4.48 Å². The minimum absolute atomic E-state index is 0.586. The Bertz CT molecular complexity index is 212. The van der Waals surface area contributed by atoms with Gasteiger partial charge in [-0.1, -0.05) is 18.2 Å². The van der Waals surface area contributed by atoms with E-state index in [0.29, 0.717) is 5.69 Å². The van der Waals surface area contributed by atoms with Gasteiger partial charge < -0.3 is 0 Å². The number of rotatable bonds is 1. The first-order valence-electron chi connectivity index (χ1n) is 3.18. The first-order chi connectivity index (χ1) is 4.75. The van der Waals surface area contributed by atoms with E-state index in [4.69, 9.17) is 0 Å². The van der Waals surface area contributed by atoms with Crippen LogP contribution in [-0.2, 0) is 0 Å². The summed E-state index contributed by atoms with van der Waals surface area (Å²) in [4.78, 5) is 0. The standard InChI is InChI=1S/C8H10FN/c1-6-4-3-5-7(2)8(6)10-9/h3-5,10H,1-2H3. The Morgan fingerprint density at radius 1 is 1.20 bits per heavy atom. The molecule has 1 rings (SSSR count). The van der Waals surface area contributed by atoms with E-state index in [-0.39, 0.29) is 0 Å². The number of aryl methyl sites for hydroxylation is 2. The van der Waals surface area contributed by atoms with Crippen molar-refractivity contribution >= 4 is 5.69 Å². The molecule has 0 aliphatic heterocycles. The molecular weight excluding hydrogens is 129 g/mol. The number of benzene rings is 1. The predicted octanol–water partition coefficient (Wildman–Crippen LogP) is 2.60. The number of halogens is 1. The highest BCUT2D eigenvalue weighted by Gasteiger charge is 1.98. The Morgan fingerprint density at radius 3 is 2.00 bits per heavy atom. The molecule has 2 heteroatoms. The topological polar surface area (TPSA) is 12.0 Å². The summed E-state index contributed by atoms with van der Waals surface area (Å²) in [6.45, 7) is 3.74. The van der Waals surface area contributed by atoms with Crippen molar-refractivity contribution in [2.75, 3.05) is 5.54 Å². The van der Waals surface area contributed by atoms with Crippen molar-refractivity contribution in [3.63, 3.8) is 0 Å². The largest absolute Gasteiger partial charge is 0.224 e. The van der Waals surface area contributed by atoms with Crippen LogP contribution in [0, 0.1) is 13.8 Å². The number of anilines is 1. The molecule has 1 nitrogen and oxygen atoms in total. The molecule has 0 radical (unpaired) electrons. The molecule has 0 saturated carbocycles. The molecule has 0 amide bonds. The Morgan fingerprint density at radius 2 is 1.70 bits per heavy atom. The first-order valence-corrected chi connectivity index (χ1v) is 3.18. The summed E-state index contributed by atoms with van der Waals surface area (Å²) in [7, 11) is 0. The van der Waals surface area contributed by atoms with Crippen LogP contribution in [0.2, 0.25) is 0 Å². The number of para-hydroxylation sites is 1. The maximum Gasteiger partial charge on any atom is 0.0713 e. The molecule has 0 heterocycles. The molecule has 0 aliphatic rings. The second-order valence-electron chi connectivity index (χ2n) is 2.36. The van der Waals surface area contributed by atoms with Gasteiger partial charge in [0.2, 0.25) is 0 Å². The molecular formula is C8H10FN. The lowest BCUT2D eigenvalue weighted by molar-refractivity contribution is 0.615. The average Bonchev–Trinajstić information content (AvgIpc) is 1.88. The van der Waals surface area contributed by atoms with Crippen LogP contribution in [0.4, 0.5) is 10.2 Å². The molecule has 0 saturated heterocycles. The first kappa shape index (κ1) is 7.06. The fraction of sp³-hybridized carbons (Fsp3) is 0.250. The van der Waals surface area contributed by atoms with Crippen molar-refractivity contribution in [3.8, 4) is 0 Å². The van der Waals surface area contributed by atoms with E-state index in [1.54, 1.807) is 5.54 Å².